The Bertz CT molecular complexity index is 2610. The van der Waals surface area contributed by atoms with Crippen molar-refractivity contribution in [2.75, 3.05) is 0 Å². The third-order valence-corrected chi connectivity index (χ3v) is 10.4. The van der Waals surface area contributed by atoms with Crippen molar-refractivity contribution in [1.29, 1.82) is 5.26 Å². The van der Waals surface area contributed by atoms with E-state index in [2.05, 4.69) is 127 Å². The lowest BCUT2D eigenvalue weighted by molar-refractivity contribution is 0.436. The van der Waals surface area contributed by atoms with Gasteiger partial charge in [-0.25, -0.2) is 9.98 Å². The first kappa shape index (κ1) is 29.8. The highest BCUT2D eigenvalue weighted by atomic mass is 16.5. The molecule has 0 fully saturated rings. The minimum absolute atomic E-state index is 0.491. The second-order valence-corrected chi connectivity index (χ2v) is 13.3. The molecule has 2 heterocycles. The molecule has 1 unspecified atom stereocenters. The smallest absolute Gasteiger partial charge is 0.169 e. The van der Waals surface area contributed by atoms with Crippen LogP contribution in [0.25, 0.3) is 22.3 Å². The molecule has 2 aliphatic heterocycles. The van der Waals surface area contributed by atoms with Crippen LogP contribution in [0.5, 0.6) is 11.5 Å². The zero-order valence-electron chi connectivity index (χ0n) is 28.0. The van der Waals surface area contributed by atoms with Gasteiger partial charge in [-0.05, 0) is 69.3 Å². The van der Waals surface area contributed by atoms with E-state index < -0.39 is 11.6 Å². The van der Waals surface area contributed by atoms with Crippen LogP contribution >= 0.6 is 0 Å². The first-order chi connectivity index (χ1) is 25.7. The Morgan fingerprint density at radius 3 is 1.79 bits per heavy atom. The molecule has 0 amide bonds. The van der Waals surface area contributed by atoms with Gasteiger partial charge < -0.3 is 10.1 Å². The van der Waals surface area contributed by atoms with Gasteiger partial charge in [0, 0.05) is 22.3 Å². The number of hydrogen-bond donors (Lipinski definition) is 1. The third-order valence-electron chi connectivity index (χ3n) is 10.4. The van der Waals surface area contributed by atoms with Gasteiger partial charge >= 0.3 is 0 Å². The predicted molar refractivity (Wildman–Crippen MR) is 206 cm³/mol. The lowest BCUT2D eigenvalue weighted by Gasteiger charge is -2.39. The summed E-state index contributed by atoms with van der Waals surface area (Å²) in [6.07, 6.45) is -0.491. The molecule has 5 heteroatoms. The van der Waals surface area contributed by atoms with E-state index in [0.29, 0.717) is 5.56 Å². The minimum atomic E-state index is -0.572. The first-order valence-electron chi connectivity index (χ1n) is 17.4. The van der Waals surface area contributed by atoms with Crippen LogP contribution in [0.4, 0.5) is 0 Å². The molecule has 7 aromatic carbocycles. The predicted octanol–water partition coefficient (Wildman–Crippen LogP) is 10.2. The van der Waals surface area contributed by atoms with Crippen LogP contribution in [-0.4, -0.2) is 11.7 Å². The van der Waals surface area contributed by atoms with Gasteiger partial charge in [0.05, 0.1) is 17.0 Å². The van der Waals surface area contributed by atoms with Gasteiger partial charge in [0.25, 0.3) is 0 Å². The molecule has 7 aromatic rings. The van der Waals surface area contributed by atoms with Gasteiger partial charge in [0.15, 0.2) is 6.17 Å². The summed E-state index contributed by atoms with van der Waals surface area (Å²) in [6.45, 7) is 0. The van der Waals surface area contributed by atoms with Crippen LogP contribution in [0.15, 0.2) is 180 Å². The zero-order valence-corrected chi connectivity index (χ0v) is 28.0. The van der Waals surface area contributed by atoms with E-state index in [-0.39, 0.29) is 0 Å². The quantitative estimate of drug-likeness (QED) is 0.203. The average molecular weight is 667 g/mol. The fraction of sp³-hybridized carbons (Fsp3) is 0.0426. The van der Waals surface area contributed by atoms with E-state index >= 15 is 0 Å². The number of rotatable bonds is 4. The highest BCUT2D eigenvalue weighted by molar-refractivity contribution is 6.16. The number of nitrogens with one attached hydrogen (secondary N) is 1. The van der Waals surface area contributed by atoms with Crippen molar-refractivity contribution in [3.63, 3.8) is 0 Å². The van der Waals surface area contributed by atoms with Gasteiger partial charge in [-0.15, -0.1) is 0 Å². The molecule has 1 atom stereocenters. The Labute approximate surface area is 301 Å². The highest BCUT2D eigenvalue weighted by Crippen LogP contribution is 2.62. The molecular formula is C47H30N4O. The van der Waals surface area contributed by atoms with Crippen molar-refractivity contribution < 1.29 is 4.74 Å². The molecule has 1 aliphatic carbocycles. The molecule has 1 N–H and O–H groups in total. The van der Waals surface area contributed by atoms with E-state index in [1.54, 1.807) is 0 Å². The van der Waals surface area contributed by atoms with Crippen molar-refractivity contribution in [3.8, 4) is 39.8 Å². The second-order valence-electron chi connectivity index (χ2n) is 13.3. The number of fused-ring (bicyclic) bond motifs is 9. The Balaban J connectivity index is 1.14. The third kappa shape index (κ3) is 4.55. The standard InChI is InChI=1S/C47H30N4O/c48-29-30-11-10-14-34(27-30)31-21-23-33(24-22-31)45-49-44(32-12-2-1-3-13-32)50-46(51-45)35-25-26-37-36-15-4-5-16-38(36)47(41(37)28-35)39-17-6-8-19-42(39)52-43-20-9-7-18-40(43)47/h1-28,46H,(H,49,50,51). The topological polar surface area (TPSA) is 69.8 Å². The van der Waals surface area contributed by atoms with Crippen LogP contribution in [0.2, 0.25) is 0 Å². The maximum Gasteiger partial charge on any atom is 0.169 e. The van der Waals surface area contributed by atoms with E-state index in [9.17, 15) is 5.26 Å². The number of amidine groups is 2. The molecule has 0 aromatic heterocycles. The number of aliphatic imine (C=N–C) groups is 2. The van der Waals surface area contributed by atoms with Crippen LogP contribution in [0.1, 0.15) is 50.7 Å². The molecule has 1 spiro atoms. The first-order valence-corrected chi connectivity index (χ1v) is 17.4. The van der Waals surface area contributed by atoms with Crippen molar-refractivity contribution in [2.24, 2.45) is 9.98 Å². The lowest BCUT2D eigenvalue weighted by Crippen LogP contribution is -2.36. The second kappa shape index (κ2) is 11.8. The van der Waals surface area contributed by atoms with Crippen molar-refractivity contribution in [1.82, 2.24) is 5.32 Å². The van der Waals surface area contributed by atoms with Gasteiger partial charge in [-0.2, -0.15) is 5.26 Å². The summed E-state index contributed by atoms with van der Waals surface area (Å²) in [5.74, 6) is 3.24. The molecule has 0 saturated carbocycles. The summed E-state index contributed by atoms with van der Waals surface area (Å²) < 4.78 is 6.55. The zero-order chi connectivity index (χ0) is 34.6. The van der Waals surface area contributed by atoms with E-state index in [1.165, 1.54) is 22.3 Å². The Hall–Kier alpha value is -7.03. The van der Waals surface area contributed by atoms with E-state index in [0.717, 1.165) is 62.1 Å². The number of hydrogen-bond acceptors (Lipinski definition) is 5. The van der Waals surface area contributed by atoms with E-state index in [1.807, 2.05) is 54.6 Å². The summed E-state index contributed by atoms with van der Waals surface area (Å²) in [5.41, 5.74) is 12.2. The molecule has 0 saturated heterocycles. The summed E-state index contributed by atoms with van der Waals surface area (Å²) in [6, 6.07) is 60.8. The van der Waals surface area contributed by atoms with Gasteiger partial charge in [-0.1, -0.05) is 140 Å². The summed E-state index contributed by atoms with van der Waals surface area (Å²) >= 11 is 0. The van der Waals surface area contributed by atoms with Crippen LogP contribution < -0.4 is 10.1 Å². The summed E-state index contributed by atoms with van der Waals surface area (Å²) in [4.78, 5) is 10.5. The van der Waals surface area contributed by atoms with Crippen LogP contribution in [-0.2, 0) is 5.41 Å². The monoisotopic (exact) mass is 666 g/mol. The van der Waals surface area contributed by atoms with Crippen molar-refractivity contribution in [3.05, 3.63) is 214 Å². The fourth-order valence-electron chi connectivity index (χ4n) is 8.11. The molecule has 0 bridgehead atoms. The van der Waals surface area contributed by atoms with Gasteiger partial charge in [0.2, 0.25) is 0 Å². The molecule has 0 radical (unpaired) electrons. The van der Waals surface area contributed by atoms with E-state index in [4.69, 9.17) is 14.7 Å². The molecular weight excluding hydrogens is 637 g/mol. The number of ether oxygens (including phenoxy) is 1. The Morgan fingerprint density at radius 1 is 0.500 bits per heavy atom. The lowest BCUT2D eigenvalue weighted by atomic mass is 9.66. The number of nitriles is 1. The summed E-state index contributed by atoms with van der Waals surface area (Å²) in [7, 11) is 0. The Morgan fingerprint density at radius 2 is 1.08 bits per heavy atom. The number of nitrogens with zero attached hydrogens (tertiary/aromatic N) is 3. The Kier molecular flexibility index (Phi) is 6.77. The number of para-hydroxylation sites is 2. The SMILES string of the molecule is N#Cc1cccc(-c2ccc(C3=NC(c4ccc5c(c4)C4(c6ccccc6Oc6ccccc64)c4ccccc4-5)N=C(c4ccccc4)N3)cc2)c1. The average Bonchev–Trinajstić information content (AvgIpc) is 3.51. The van der Waals surface area contributed by atoms with Crippen LogP contribution in [0, 0.1) is 11.3 Å². The fourth-order valence-corrected chi connectivity index (χ4v) is 8.11. The largest absolute Gasteiger partial charge is 0.457 e. The maximum absolute atomic E-state index is 9.43. The normalized spacial score (nSPS) is 15.8. The van der Waals surface area contributed by atoms with Crippen molar-refractivity contribution in [2.45, 2.75) is 11.6 Å². The van der Waals surface area contributed by atoms with Crippen molar-refractivity contribution >= 4 is 11.7 Å². The molecule has 244 valence electrons. The minimum Gasteiger partial charge on any atom is -0.457 e. The summed E-state index contributed by atoms with van der Waals surface area (Å²) in [5, 5.41) is 13.0. The number of benzene rings is 7. The van der Waals surface area contributed by atoms with Gasteiger partial charge in [-0.3, -0.25) is 0 Å². The van der Waals surface area contributed by atoms with Crippen LogP contribution in [0.3, 0.4) is 0 Å². The maximum atomic E-state index is 9.43. The highest BCUT2D eigenvalue weighted by Gasteiger charge is 2.51. The molecule has 10 rings (SSSR count). The molecule has 5 nitrogen and oxygen atoms in total. The molecule has 52 heavy (non-hydrogen) atoms. The van der Waals surface area contributed by atoms with Gasteiger partial charge in [0.1, 0.15) is 23.2 Å². The molecule has 3 aliphatic rings.